The average Bonchev–Trinajstić information content (AvgIpc) is 3.02. The van der Waals surface area contributed by atoms with E-state index in [1.165, 1.54) is 23.5 Å². The second-order valence-corrected chi connectivity index (χ2v) is 7.59. The Kier molecular flexibility index (Phi) is 4.69. The molecule has 3 aromatic carbocycles. The van der Waals surface area contributed by atoms with Crippen molar-refractivity contribution >= 4 is 33.7 Å². The monoisotopic (exact) mass is 376 g/mol. The van der Waals surface area contributed by atoms with Crippen molar-refractivity contribution in [3.63, 3.8) is 0 Å². The van der Waals surface area contributed by atoms with Crippen molar-refractivity contribution in [2.75, 3.05) is 5.32 Å². The molecule has 0 bridgehead atoms. The highest BCUT2D eigenvalue weighted by Gasteiger charge is 2.15. The largest absolute Gasteiger partial charge is 0.326 e. The summed E-state index contributed by atoms with van der Waals surface area (Å²) >= 11 is 1.49. The van der Waals surface area contributed by atoms with Gasteiger partial charge in [0.25, 0.3) is 0 Å². The van der Waals surface area contributed by atoms with Crippen LogP contribution in [0.25, 0.3) is 22.0 Å². The topological polar surface area (TPSA) is 42.0 Å². The van der Waals surface area contributed by atoms with E-state index < -0.39 is 0 Å². The van der Waals surface area contributed by atoms with Gasteiger partial charge in [-0.25, -0.2) is 9.37 Å². The van der Waals surface area contributed by atoms with Crippen LogP contribution in [-0.4, -0.2) is 10.9 Å². The number of rotatable bonds is 4. The van der Waals surface area contributed by atoms with Crippen LogP contribution in [0.5, 0.6) is 0 Å². The standard InChI is InChI=1S/C22H17FN2OS/c1-14-24-22(16-6-9-18(23)10-7-16)20(27-14)13-21(26)25-19-11-8-15-4-2-3-5-17(15)12-19/h2-12H,13H2,1H3,(H,25,26). The predicted octanol–water partition coefficient (Wildman–Crippen LogP) is 5.59. The average molecular weight is 376 g/mol. The minimum atomic E-state index is -0.290. The van der Waals surface area contributed by atoms with E-state index in [1.807, 2.05) is 49.4 Å². The van der Waals surface area contributed by atoms with Crippen LogP contribution in [0.3, 0.4) is 0 Å². The molecule has 3 nitrogen and oxygen atoms in total. The van der Waals surface area contributed by atoms with E-state index in [4.69, 9.17) is 0 Å². The number of benzene rings is 3. The third kappa shape index (κ3) is 3.88. The van der Waals surface area contributed by atoms with E-state index in [9.17, 15) is 9.18 Å². The molecule has 0 fully saturated rings. The summed E-state index contributed by atoms with van der Waals surface area (Å²) in [4.78, 5) is 18.0. The Bertz CT molecular complexity index is 1120. The van der Waals surface area contributed by atoms with Gasteiger partial charge in [-0.3, -0.25) is 4.79 Å². The quantitative estimate of drug-likeness (QED) is 0.504. The normalized spacial score (nSPS) is 10.9. The van der Waals surface area contributed by atoms with Gasteiger partial charge in [-0.1, -0.05) is 30.3 Å². The summed E-state index contributed by atoms with van der Waals surface area (Å²) in [7, 11) is 0. The number of hydrogen-bond donors (Lipinski definition) is 1. The van der Waals surface area contributed by atoms with Crippen LogP contribution < -0.4 is 5.32 Å². The van der Waals surface area contributed by atoms with Crippen molar-refractivity contribution in [3.05, 3.63) is 82.4 Å². The molecule has 0 radical (unpaired) electrons. The maximum atomic E-state index is 13.2. The highest BCUT2D eigenvalue weighted by molar-refractivity contribution is 7.12. The summed E-state index contributed by atoms with van der Waals surface area (Å²) < 4.78 is 13.2. The van der Waals surface area contributed by atoms with Crippen LogP contribution in [0, 0.1) is 12.7 Å². The number of thiazole rings is 1. The maximum absolute atomic E-state index is 13.2. The molecular weight excluding hydrogens is 359 g/mol. The number of amides is 1. The summed E-state index contributed by atoms with van der Waals surface area (Å²) in [5.41, 5.74) is 2.32. The van der Waals surface area contributed by atoms with Gasteiger partial charge in [0.2, 0.25) is 5.91 Å². The Labute approximate surface area is 160 Å². The van der Waals surface area contributed by atoms with Crippen LogP contribution in [0.4, 0.5) is 10.1 Å². The number of nitrogens with zero attached hydrogens (tertiary/aromatic N) is 1. The van der Waals surface area contributed by atoms with Gasteiger partial charge in [-0.2, -0.15) is 0 Å². The van der Waals surface area contributed by atoms with Crippen molar-refractivity contribution in [2.45, 2.75) is 13.3 Å². The Hall–Kier alpha value is -3.05. The number of hydrogen-bond acceptors (Lipinski definition) is 3. The highest BCUT2D eigenvalue weighted by Crippen LogP contribution is 2.29. The Balaban J connectivity index is 1.55. The summed E-state index contributed by atoms with van der Waals surface area (Å²) in [5.74, 6) is -0.390. The van der Waals surface area contributed by atoms with E-state index in [-0.39, 0.29) is 18.1 Å². The molecule has 1 N–H and O–H groups in total. The summed E-state index contributed by atoms with van der Waals surface area (Å²) in [6, 6.07) is 20.1. The van der Waals surface area contributed by atoms with E-state index in [0.29, 0.717) is 0 Å². The molecule has 0 atom stereocenters. The maximum Gasteiger partial charge on any atom is 0.229 e. The van der Waals surface area contributed by atoms with Crippen LogP contribution >= 0.6 is 11.3 Å². The Morgan fingerprint density at radius 1 is 1.04 bits per heavy atom. The molecule has 134 valence electrons. The lowest BCUT2D eigenvalue weighted by molar-refractivity contribution is -0.115. The van der Waals surface area contributed by atoms with Crippen LogP contribution in [-0.2, 0) is 11.2 Å². The Morgan fingerprint density at radius 2 is 1.78 bits per heavy atom. The van der Waals surface area contributed by atoms with Crippen LogP contribution in [0.15, 0.2) is 66.7 Å². The van der Waals surface area contributed by atoms with Gasteiger partial charge in [0.05, 0.1) is 17.1 Å². The molecule has 0 aliphatic heterocycles. The highest BCUT2D eigenvalue weighted by atomic mass is 32.1. The predicted molar refractivity (Wildman–Crippen MR) is 109 cm³/mol. The minimum Gasteiger partial charge on any atom is -0.326 e. The molecule has 1 aromatic heterocycles. The first kappa shape index (κ1) is 17.4. The van der Waals surface area contributed by atoms with Crippen LogP contribution in [0.1, 0.15) is 9.88 Å². The lowest BCUT2D eigenvalue weighted by Crippen LogP contribution is -2.14. The van der Waals surface area contributed by atoms with Crippen molar-refractivity contribution < 1.29 is 9.18 Å². The zero-order valence-corrected chi connectivity index (χ0v) is 15.5. The van der Waals surface area contributed by atoms with Crippen molar-refractivity contribution in [1.82, 2.24) is 4.98 Å². The summed E-state index contributed by atoms with van der Waals surface area (Å²) in [6.07, 6.45) is 0.227. The number of carbonyl (C=O) groups excluding carboxylic acids is 1. The first-order valence-corrected chi connectivity index (χ1v) is 9.41. The first-order chi connectivity index (χ1) is 13.1. The molecule has 5 heteroatoms. The molecule has 0 aliphatic carbocycles. The minimum absolute atomic E-state index is 0.0997. The first-order valence-electron chi connectivity index (χ1n) is 8.59. The third-order valence-electron chi connectivity index (χ3n) is 4.28. The molecule has 0 unspecified atom stereocenters. The van der Waals surface area contributed by atoms with Gasteiger partial charge in [0.15, 0.2) is 0 Å². The second-order valence-electron chi connectivity index (χ2n) is 6.30. The molecular formula is C22H17FN2OS. The van der Waals surface area contributed by atoms with E-state index in [1.54, 1.807) is 12.1 Å². The summed E-state index contributed by atoms with van der Waals surface area (Å²) in [5, 5.41) is 6.05. The fourth-order valence-electron chi connectivity index (χ4n) is 3.04. The molecule has 1 heterocycles. The third-order valence-corrected chi connectivity index (χ3v) is 5.25. The van der Waals surface area contributed by atoms with Gasteiger partial charge in [0.1, 0.15) is 5.82 Å². The van der Waals surface area contributed by atoms with E-state index in [0.717, 1.165) is 37.6 Å². The number of fused-ring (bicyclic) bond motifs is 1. The van der Waals surface area contributed by atoms with Gasteiger partial charge >= 0.3 is 0 Å². The smallest absolute Gasteiger partial charge is 0.229 e. The van der Waals surface area contributed by atoms with Crippen molar-refractivity contribution in [3.8, 4) is 11.3 Å². The number of halogens is 1. The van der Waals surface area contributed by atoms with Gasteiger partial charge in [-0.05, 0) is 54.1 Å². The van der Waals surface area contributed by atoms with E-state index in [2.05, 4.69) is 10.3 Å². The second kappa shape index (κ2) is 7.29. The Morgan fingerprint density at radius 3 is 2.56 bits per heavy atom. The molecule has 4 rings (SSSR count). The van der Waals surface area contributed by atoms with Crippen LogP contribution in [0.2, 0.25) is 0 Å². The lowest BCUT2D eigenvalue weighted by atomic mass is 10.1. The van der Waals surface area contributed by atoms with Gasteiger partial charge in [0, 0.05) is 16.1 Å². The zero-order valence-electron chi connectivity index (χ0n) is 14.7. The van der Waals surface area contributed by atoms with E-state index >= 15 is 0 Å². The number of anilines is 1. The molecule has 1 amide bonds. The number of aryl methyl sites for hydroxylation is 1. The van der Waals surface area contributed by atoms with Crippen molar-refractivity contribution in [2.24, 2.45) is 0 Å². The fourth-order valence-corrected chi connectivity index (χ4v) is 4.00. The molecule has 0 spiro atoms. The van der Waals surface area contributed by atoms with Gasteiger partial charge < -0.3 is 5.32 Å². The lowest BCUT2D eigenvalue weighted by Gasteiger charge is -2.07. The van der Waals surface area contributed by atoms with Crippen molar-refractivity contribution in [1.29, 1.82) is 0 Å². The summed E-state index contributed by atoms with van der Waals surface area (Å²) in [6.45, 7) is 1.91. The molecule has 4 aromatic rings. The number of carbonyl (C=O) groups is 1. The number of aromatic nitrogens is 1. The molecule has 0 saturated heterocycles. The SMILES string of the molecule is Cc1nc(-c2ccc(F)cc2)c(CC(=O)Nc2ccc3ccccc3c2)s1. The fraction of sp³-hybridized carbons (Fsp3) is 0.0909. The molecule has 0 saturated carbocycles. The molecule has 27 heavy (non-hydrogen) atoms. The zero-order chi connectivity index (χ0) is 18.8. The molecule has 0 aliphatic rings. The number of nitrogens with one attached hydrogen (secondary N) is 1. The van der Waals surface area contributed by atoms with Gasteiger partial charge in [-0.15, -0.1) is 11.3 Å².